The van der Waals surface area contributed by atoms with Gasteiger partial charge in [-0.1, -0.05) is 23.7 Å². The first-order chi connectivity index (χ1) is 20.4. The number of carbonyl (C=O) groups is 2. The zero-order valence-corrected chi connectivity index (χ0v) is 25.7. The number of nitrogens with one attached hydrogen (secondary N) is 3. The number of halogens is 1. The number of benzene rings is 2. The summed E-state index contributed by atoms with van der Waals surface area (Å²) in [5.41, 5.74) is 2.68. The Morgan fingerprint density at radius 3 is 2.62 bits per heavy atom. The zero-order valence-electron chi connectivity index (χ0n) is 25.0. The van der Waals surface area contributed by atoms with Gasteiger partial charge in [0.15, 0.2) is 0 Å². The Balaban J connectivity index is 0.000000675. The molecule has 234 valence electrons. The standard InChI is InChI=1S/C27H37ClN2O4.C4H9NO3/c1-29-25(15-21-7-4-10-33-19-21)18-30-27(31)23-13-22(12-20-6-3-8-24(28)14-20)16-26(17-23)34-11-5-9-32-2;1-8-4(7)5-2-3-6/h3,6,8,13-14,16-17,21,25,29H,4-5,7,9-12,15,18-19H2,1-2H3,(H,30,31);6H,2-3H2,1H3,(H,5,7)/t21-,25?;/m1./s1. The van der Waals surface area contributed by atoms with E-state index < -0.39 is 6.09 Å². The Morgan fingerprint density at radius 2 is 1.95 bits per heavy atom. The van der Waals surface area contributed by atoms with E-state index in [1.807, 2.05) is 49.5 Å². The van der Waals surface area contributed by atoms with Gasteiger partial charge in [0, 0.05) is 63.1 Å². The number of aliphatic hydroxyl groups excluding tert-OH is 1. The van der Waals surface area contributed by atoms with Crippen molar-refractivity contribution in [2.75, 3.05) is 67.4 Å². The number of aliphatic hydroxyl groups is 1. The molecule has 0 bridgehead atoms. The van der Waals surface area contributed by atoms with E-state index >= 15 is 0 Å². The van der Waals surface area contributed by atoms with Crippen LogP contribution in [0.1, 0.15) is 47.2 Å². The topological polar surface area (TPSA) is 127 Å². The summed E-state index contributed by atoms with van der Waals surface area (Å²) in [6, 6.07) is 13.7. The fourth-order valence-corrected chi connectivity index (χ4v) is 4.71. The smallest absolute Gasteiger partial charge is 0.406 e. The van der Waals surface area contributed by atoms with Gasteiger partial charge in [-0.25, -0.2) is 4.79 Å². The molecule has 2 aromatic carbocycles. The predicted octanol–water partition coefficient (Wildman–Crippen LogP) is 3.82. The van der Waals surface area contributed by atoms with E-state index in [0.717, 1.165) is 43.6 Å². The van der Waals surface area contributed by atoms with Gasteiger partial charge < -0.3 is 40.0 Å². The normalized spacial score (nSPS) is 15.1. The maximum atomic E-state index is 13.1. The Bertz CT molecular complexity index is 1070. The summed E-state index contributed by atoms with van der Waals surface area (Å²) in [7, 11) is 4.89. The predicted molar refractivity (Wildman–Crippen MR) is 164 cm³/mol. The van der Waals surface area contributed by atoms with E-state index in [4.69, 9.17) is 30.9 Å². The summed E-state index contributed by atoms with van der Waals surface area (Å²) in [4.78, 5) is 23.2. The maximum Gasteiger partial charge on any atom is 0.406 e. The third-order valence-corrected chi connectivity index (χ3v) is 6.88. The maximum absolute atomic E-state index is 13.1. The number of amides is 2. The van der Waals surface area contributed by atoms with Gasteiger partial charge >= 0.3 is 6.09 Å². The van der Waals surface area contributed by atoms with Crippen molar-refractivity contribution in [2.24, 2.45) is 5.92 Å². The van der Waals surface area contributed by atoms with E-state index in [9.17, 15) is 9.59 Å². The van der Waals surface area contributed by atoms with Crippen molar-refractivity contribution in [3.05, 3.63) is 64.2 Å². The molecule has 1 aliphatic rings. The van der Waals surface area contributed by atoms with Crippen LogP contribution in [0.2, 0.25) is 5.02 Å². The SMILES string of the molecule is CNC(CNC(=O)c1cc(Cc2cccc(Cl)c2)cc(OCCCOC)c1)C[C@H]1CCCOC1.COC(=O)NCCO. The van der Waals surface area contributed by atoms with Crippen LogP contribution in [0.3, 0.4) is 0 Å². The Labute approximate surface area is 254 Å². The molecule has 1 aliphatic heterocycles. The van der Waals surface area contributed by atoms with Crippen molar-refractivity contribution < 1.29 is 33.6 Å². The molecule has 0 saturated carbocycles. The Morgan fingerprint density at radius 1 is 1.12 bits per heavy atom. The van der Waals surface area contributed by atoms with Gasteiger partial charge in [0.1, 0.15) is 5.75 Å². The van der Waals surface area contributed by atoms with Crippen molar-refractivity contribution in [3.63, 3.8) is 0 Å². The third kappa shape index (κ3) is 14.3. The van der Waals surface area contributed by atoms with Crippen LogP contribution in [-0.4, -0.2) is 90.5 Å². The molecule has 10 nitrogen and oxygen atoms in total. The van der Waals surface area contributed by atoms with Gasteiger partial charge in [-0.2, -0.15) is 0 Å². The lowest BCUT2D eigenvalue weighted by Crippen LogP contribution is -2.41. The summed E-state index contributed by atoms with van der Waals surface area (Å²) in [5, 5.41) is 17.6. The molecule has 0 aliphatic carbocycles. The molecule has 0 radical (unpaired) electrons. The molecule has 4 N–H and O–H groups in total. The molecule has 3 rings (SSSR count). The first kappa shape index (κ1) is 35.3. The Hall–Kier alpha value is -2.89. The van der Waals surface area contributed by atoms with Gasteiger partial charge in [-0.15, -0.1) is 0 Å². The average Bonchev–Trinajstić information content (AvgIpc) is 3.00. The second-order valence-corrected chi connectivity index (χ2v) is 10.5. The summed E-state index contributed by atoms with van der Waals surface area (Å²) in [6.45, 7) is 3.57. The number of hydrogen-bond acceptors (Lipinski definition) is 8. The summed E-state index contributed by atoms with van der Waals surface area (Å²) in [6.07, 6.45) is 4.21. The van der Waals surface area contributed by atoms with Crippen LogP contribution < -0.4 is 20.7 Å². The fourth-order valence-electron chi connectivity index (χ4n) is 4.50. The fraction of sp³-hybridized carbons (Fsp3) is 0.548. The molecule has 2 amide bonds. The van der Waals surface area contributed by atoms with Crippen LogP contribution in [0.4, 0.5) is 4.79 Å². The molecule has 0 spiro atoms. The summed E-state index contributed by atoms with van der Waals surface area (Å²) < 4.78 is 20.8. The van der Waals surface area contributed by atoms with Crippen LogP contribution in [0.15, 0.2) is 42.5 Å². The highest BCUT2D eigenvalue weighted by Gasteiger charge is 2.19. The van der Waals surface area contributed by atoms with Crippen LogP contribution in [0.5, 0.6) is 5.75 Å². The summed E-state index contributed by atoms with van der Waals surface area (Å²) >= 11 is 6.16. The van der Waals surface area contributed by atoms with E-state index in [2.05, 4.69) is 20.7 Å². The van der Waals surface area contributed by atoms with E-state index in [1.165, 1.54) is 13.5 Å². The van der Waals surface area contributed by atoms with E-state index in [-0.39, 0.29) is 25.1 Å². The number of rotatable bonds is 15. The number of carbonyl (C=O) groups excluding carboxylic acids is 2. The van der Waals surface area contributed by atoms with Crippen LogP contribution in [0, 0.1) is 5.92 Å². The van der Waals surface area contributed by atoms with Crippen LogP contribution in [-0.2, 0) is 20.6 Å². The quantitative estimate of drug-likeness (QED) is 0.225. The first-order valence-electron chi connectivity index (χ1n) is 14.3. The minimum absolute atomic E-state index is 0.0604. The second-order valence-electron chi connectivity index (χ2n) is 10.0. The lowest BCUT2D eigenvalue weighted by Gasteiger charge is -2.26. The average molecular weight is 608 g/mol. The molecular formula is C31H46ClN3O7. The summed E-state index contributed by atoms with van der Waals surface area (Å²) in [5.74, 6) is 1.12. The van der Waals surface area contributed by atoms with Crippen molar-refractivity contribution in [1.82, 2.24) is 16.0 Å². The molecule has 1 heterocycles. The highest BCUT2D eigenvalue weighted by Crippen LogP contribution is 2.22. The van der Waals surface area contributed by atoms with Crippen LogP contribution in [0.25, 0.3) is 0 Å². The molecule has 1 saturated heterocycles. The highest BCUT2D eigenvalue weighted by molar-refractivity contribution is 6.30. The lowest BCUT2D eigenvalue weighted by atomic mass is 9.94. The largest absolute Gasteiger partial charge is 0.493 e. The van der Waals surface area contributed by atoms with Crippen LogP contribution >= 0.6 is 11.6 Å². The highest BCUT2D eigenvalue weighted by atomic mass is 35.5. The lowest BCUT2D eigenvalue weighted by molar-refractivity contribution is 0.0478. The van der Waals surface area contributed by atoms with Crippen molar-refractivity contribution in [1.29, 1.82) is 0 Å². The molecule has 11 heteroatoms. The molecule has 2 atom stereocenters. The molecular weight excluding hydrogens is 562 g/mol. The number of hydrogen-bond donors (Lipinski definition) is 4. The van der Waals surface area contributed by atoms with Gasteiger partial charge in [-0.05, 0) is 80.1 Å². The second kappa shape index (κ2) is 20.9. The molecule has 1 unspecified atom stereocenters. The van der Waals surface area contributed by atoms with Crippen molar-refractivity contribution in [2.45, 2.75) is 38.1 Å². The van der Waals surface area contributed by atoms with Gasteiger partial charge in [-0.3, -0.25) is 4.79 Å². The van der Waals surface area contributed by atoms with Gasteiger partial charge in [0.2, 0.25) is 0 Å². The zero-order chi connectivity index (χ0) is 30.6. The molecule has 1 fully saturated rings. The monoisotopic (exact) mass is 607 g/mol. The number of methoxy groups -OCH3 is 2. The Kier molecular flexibility index (Phi) is 17.6. The minimum Gasteiger partial charge on any atom is -0.493 e. The number of ether oxygens (including phenoxy) is 4. The molecule has 2 aromatic rings. The van der Waals surface area contributed by atoms with Crippen molar-refractivity contribution in [3.8, 4) is 5.75 Å². The van der Waals surface area contributed by atoms with Gasteiger partial charge in [0.25, 0.3) is 5.91 Å². The number of alkyl carbamates (subject to hydrolysis) is 1. The third-order valence-electron chi connectivity index (χ3n) is 6.64. The van der Waals surface area contributed by atoms with Crippen molar-refractivity contribution >= 4 is 23.6 Å². The first-order valence-corrected chi connectivity index (χ1v) is 14.7. The van der Waals surface area contributed by atoms with E-state index in [0.29, 0.717) is 48.4 Å². The minimum atomic E-state index is -0.515. The van der Waals surface area contributed by atoms with Gasteiger partial charge in [0.05, 0.1) is 20.3 Å². The molecule has 0 aromatic heterocycles. The molecule has 42 heavy (non-hydrogen) atoms. The van der Waals surface area contributed by atoms with E-state index in [1.54, 1.807) is 7.11 Å². The number of likely N-dealkylation sites (N-methyl/N-ethyl adjacent to an activating group) is 1.